The number of aromatic nitrogens is 6. The molecule has 0 saturated heterocycles. The molecule has 44 heavy (non-hydrogen) atoms. The van der Waals surface area contributed by atoms with Crippen molar-refractivity contribution in [2.75, 3.05) is 0 Å². The van der Waals surface area contributed by atoms with Gasteiger partial charge in [-0.25, -0.2) is 19.0 Å². The molecule has 6 rings (SSSR count). The molecule has 0 atom stereocenters. The molecule has 0 aliphatic rings. The van der Waals surface area contributed by atoms with Crippen LogP contribution >= 0.6 is 0 Å². The fourth-order valence-corrected chi connectivity index (χ4v) is 4.27. The summed E-state index contributed by atoms with van der Waals surface area (Å²) in [6, 6.07) is 23.6. The van der Waals surface area contributed by atoms with Crippen LogP contribution < -0.4 is 5.56 Å². The third-order valence-electron chi connectivity index (χ3n) is 5.80. The Morgan fingerprint density at radius 3 is 1.59 bits per heavy atom. The van der Waals surface area contributed by atoms with Gasteiger partial charge in [-0.05, 0) is 31.9 Å². The molecule has 7 nitrogen and oxygen atoms in total. The fourth-order valence-electron chi connectivity index (χ4n) is 4.27. The maximum Gasteiger partial charge on any atom is 0.280 e. The Morgan fingerprint density at radius 1 is 0.614 bits per heavy atom. The normalized spacial score (nSPS) is 8.98. The Balaban J connectivity index is 0. The number of fused-ring (bicyclic) bond motifs is 2. The van der Waals surface area contributed by atoms with Crippen molar-refractivity contribution in [1.82, 2.24) is 29.2 Å². The maximum absolute atomic E-state index is 12.3. The predicted molar refractivity (Wildman–Crippen MR) is 186 cm³/mol. The van der Waals surface area contributed by atoms with E-state index in [0.717, 1.165) is 28.3 Å². The topological polar surface area (TPSA) is 80.3 Å². The Bertz CT molecular complexity index is 1660. The number of aryl methyl sites for hydroxylation is 3. The molecule has 1 radical (unpaired) electrons. The Labute approximate surface area is 276 Å². The zero-order chi connectivity index (χ0) is 31.7. The van der Waals surface area contributed by atoms with E-state index in [1.807, 2.05) is 128 Å². The van der Waals surface area contributed by atoms with Gasteiger partial charge in [0.1, 0.15) is 0 Å². The number of aromatic amines is 1. The van der Waals surface area contributed by atoms with Crippen molar-refractivity contribution in [3.63, 3.8) is 0 Å². The van der Waals surface area contributed by atoms with E-state index >= 15 is 0 Å². The first-order chi connectivity index (χ1) is 20.5. The molecule has 2 aromatic carbocycles. The number of hydrogen-bond donors (Lipinski definition) is 1. The van der Waals surface area contributed by atoms with Crippen molar-refractivity contribution >= 4 is 11.3 Å². The van der Waals surface area contributed by atoms with Gasteiger partial charge in [-0.15, -0.1) is 0 Å². The summed E-state index contributed by atoms with van der Waals surface area (Å²) in [6.07, 6.45) is 3.49. The number of rotatable bonds is 2. The largest absolute Gasteiger partial charge is 0.297 e. The van der Waals surface area contributed by atoms with Crippen LogP contribution in [0.2, 0.25) is 0 Å². The molecular formula is C36H52N6OV. The zero-order valence-electron chi connectivity index (χ0n) is 27.7. The fraction of sp³-hybridized carbons (Fsp3) is 0.333. The molecule has 0 fully saturated rings. The van der Waals surface area contributed by atoms with Gasteiger partial charge >= 0.3 is 0 Å². The van der Waals surface area contributed by atoms with Crippen molar-refractivity contribution in [3.05, 3.63) is 113 Å². The van der Waals surface area contributed by atoms with Crippen LogP contribution in [0.5, 0.6) is 0 Å². The van der Waals surface area contributed by atoms with Gasteiger partial charge in [-0.1, -0.05) is 123 Å². The van der Waals surface area contributed by atoms with Crippen LogP contribution in [0, 0.1) is 20.8 Å². The van der Waals surface area contributed by atoms with Crippen molar-refractivity contribution in [3.8, 4) is 22.3 Å². The minimum Gasteiger partial charge on any atom is -0.297 e. The van der Waals surface area contributed by atoms with Gasteiger partial charge in [0, 0.05) is 48.1 Å². The summed E-state index contributed by atoms with van der Waals surface area (Å²) in [6.45, 7) is 22.0. The molecule has 6 aromatic rings. The van der Waals surface area contributed by atoms with E-state index in [0.29, 0.717) is 11.2 Å². The molecule has 0 aliphatic carbocycles. The smallest absolute Gasteiger partial charge is 0.280 e. The van der Waals surface area contributed by atoms with E-state index < -0.39 is 0 Å². The minimum atomic E-state index is -0.0660. The van der Waals surface area contributed by atoms with Crippen LogP contribution in [0.25, 0.3) is 33.5 Å². The summed E-state index contributed by atoms with van der Waals surface area (Å²) in [7, 11) is 0. The summed E-state index contributed by atoms with van der Waals surface area (Å²) >= 11 is 0. The molecule has 4 heterocycles. The Kier molecular flexibility index (Phi) is 21.7. The minimum absolute atomic E-state index is 0. The molecule has 0 unspecified atom stereocenters. The van der Waals surface area contributed by atoms with Gasteiger partial charge in [0.2, 0.25) is 0 Å². The summed E-state index contributed by atoms with van der Waals surface area (Å²) in [4.78, 5) is 21.3. The predicted octanol–water partition coefficient (Wildman–Crippen LogP) is 9.75. The number of nitrogens with zero attached hydrogens (tertiary/aromatic N) is 5. The van der Waals surface area contributed by atoms with E-state index in [-0.39, 0.29) is 31.5 Å². The number of H-pyrrole nitrogens is 1. The molecule has 8 heteroatoms. The standard InChI is InChI=1S/C14H13N3.C13H11N3O.4C2H6.CH4.V/c1-10-14(12-6-4-3-5-7-12)11(2)17-13(16-10)8-9-15-17;1-9-12(10-5-3-2-4-6-10)13(17)16-11(15-9)7-8-14-16;4*1-2;;/h3-9H,1-2H3;2-8,14H,1H3;4*1-2H3;1H4;. The molecule has 0 spiro atoms. The van der Waals surface area contributed by atoms with E-state index in [2.05, 4.69) is 39.2 Å². The van der Waals surface area contributed by atoms with Gasteiger partial charge < -0.3 is 0 Å². The molecule has 0 bridgehead atoms. The van der Waals surface area contributed by atoms with Gasteiger partial charge in [0.05, 0.1) is 23.1 Å². The first-order valence-electron chi connectivity index (χ1n) is 15.0. The summed E-state index contributed by atoms with van der Waals surface area (Å²) in [5.41, 5.74) is 8.30. The van der Waals surface area contributed by atoms with Crippen molar-refractivity contribution in [2.24, 2.45) is 0 Å². The number of nitrogens with one attached hydrogen (secondary N) is 1. The Hall–Kier alpha value is -3.94. The van der Waals surface area contributed by atoms with E-state index in [9.17, 15) is 4.79 Å². The van der Waals surface area contributed by atoms with Crippen LogP contribution in [-0.4, -0.2) is 29.2 Å². The molecule has 0 saturated carbocycles. The third-order valence-corrected chi connectivity index (χ3v) is 5.80. The van der Waals surface area contributed by atoms with Crippen LogP contribution in [0.15, 0.2) is 90.0 Å². The van der Waals surface area contributed by atoms with Crippen LogP contribution in [0.1, 0.15) is 79.9 Å². The molecule has 0 aliphatic heterocycles. The van der Waals surface area contributed by atoms with Crippen LogP contribution in [0.4, 0.5) is 0 Å². The molecule has 1 N–H and O–H groups in total. The zero-order valence-corrected chi connectivity index (χ0v) is 29.1. The summed E-state index contributed by atoms with van der Waals surface area (Å²) < 4.78 is 3.34. The second kappa shape index (κ2) is 22.6. The first kappa shape index (κ1) is 42.2. The van der Waals surface area contributed by atoms with Crippen LogP contribution in [0.3, 0.4) is 0 Å². The van der Waals surface area contributed by atoms with Crippen LogP contribution in [-0.2, 0) is 18.6 Å². The van der Waals surface area contributed by atoms with Gasteiger partial charge in [0.25, 0.3) is 5.56 Å². The van der Waals surface area contributed by atoms with E-state index in [1.165, 1.54) is 15.6 Å². The van der Waals surface area contributed by atoms with Gasteiger partial charge in [-0.2, -0.15) is 5.10 Å². The molecule has 0 amide bonds. The SMILES string of the molecule is C.CC.CC.CC.CC.Cc1nc2cc[nH]n2c(=O)c1-c1ccccc1.Cc1nc2ccnn2c(C)c1-c1ccccc1.[V]. The van der Waals surface area contributed by atoms with Gasteiger partial charge in [-0.3, -0.25) is 9.89 Å². The van der Waals surface area contributed by atoms with Crippen molar-refractivity contribution in [2.45, 2.75) is 83.6 Å². The first-order valence-corrected chi connectivity index (χ1v) is 15.0. The average molecular weight is 636 g/mol. The monoisotopic (exact) mass is 635 g/mol. The third kappa shape index (κ3) is 10.1. The van der Waals surface area contributed by atoms with E-state index in [4.69, 9.17) is 0 Å². The maximum atomic E-state index is 12.3. The number of hydrogen-bond acceptors (Lipinski definition) is 4. The van der Waals surface area contributed by atoms with Crippen molar-refractivity contribution < 1.29 is 18.6 Å². The van der Waals surface area contributed by atoms with Crippen molar-refractivity contribution in [1.29, 1.82) is 0 Å². The number of benzene rings is 2. The molecule has 237 valence electrons. The Morgan fingerprint density at radius 2 is 1.07 bits per heavy atom. The van der Waals surface area contributed by atoms with E-state index in [1.54, 1.807) is 18.5 Å². The average Bonchev–Trinajstić information content (AvgIpc) is 3.73. The molecule has 4 aromatic heterocycles. The quantitative estimate of drug-likeness (QED) is 0.205. The summed E-state index contributed by atoms with van der Waals surface area (Å²) in [5, 5.41) is 7.17. The second-order valence-electron chi connectivity index (χ2n) is 8.02. The second-order valence-corrected chi connectivity index (χ2v) is 8.02. The van der Waals surface area contributed by atoms with Gasteiger partial charge in [0.15, 0.2) is 11.3 Å². The molecular weight excluding hydrogens is 583 g/mol. The summed E-state index contributed by atoms with van der Waals surface area (Å²) in [5.74, 6) is 0.